The summed E-state index contributed by atoms with van der Waals surface area (Å²) in [6.07, 6.45) is 4.35. The van der Waals surface area contributed by atoms with Crippen LogP contribution in [-0.4, -0.2) is 21.5 Å². The average molecular weight is 414 g/mol. The summed E-state index contributed by atoms with van der Waals surface area (Å²) in [5, 5.41) is 6.62. The van der Waals surface area contributed by atoms with Crippen LogP contribution in [0.25, 0.3) is 0 Å². The van der Waals surface area contributed by atoms with Gasteiger partial charge in [0.25, 0.3) is 0 Å². The molecule has 4 nitrogen and oxygen atoms in total. The summed E-state index contributed by atoms with van der Waals surface area (Å²) in [4.78, 5) is 14.1. The van der Waals surface area contributed by atoms with E-state index in [2.05, 4.69) is 45.2 Å². The van der Waals surface area contributed by atoms with Gasteiger partial charge in [-0.3, -0.25) is 0 Å². The van der Waals surface area contributed by atoms with Gasteiger partial charge in [0.15, 0.2) is 0 Å². The first-order valence-corrected chi connectivity index (χ1v) is 9.34. The van der Waals surface area contributed by atoms with Crippen LogP contribution in [0, 0.1) is 10.5 Å². The Morgan fingerprint density at radius 1 is 1.33 bits per heavy atom. The molecule has 112 valence electrons. The molecule has 0 amide bonds. The first kappa shape index (κ1) is 15.1. The van der Waals surface area contributed by atoms with Crippen LogP contribution < -0.4 is 5.32 Å². The fourth-order valence-corrected chi connectivity index (χ4v) is 3.84. The number of halogens is 1. The van der Waals surface area contributed by atoms with Crippen molar-refractivity contribution < 1.29 is 0 Å². The predicted octanol–water partition coefficient (Wildman–Crippen LogP) is 4.14. The molecular weight excluding hydrogens is 395 g/mol. The first-order chi connectivity index (χ1) is 10.2. The second kappa shape index (κ2) is 6.56. The third kappa shape index (κ3) is 3.71. The molecule has 0 bridgehead atoms. The Bertz CT molecular complexity index is 637. The molecule has 6 heteroatoms. The van der Waals surface area contributed by atoms with E-state index < -0.39 is 0 Å². The first-order valence-electron chi connectivity index (χ1n) is 7.38. The molecule has 0 aromatic carbocycles. The lowest BCUT2D eigenvalue weighted by molar-refractivity contribution is 0.872. The molecule has 1 N–H and O–H groups in total. The normalized spacial score (nSPS) is 14.4. The highest BCUT2D eigenvalue weighted by Gasteiger charge is 2.29. The maximum atomic E-state index is 4.82. The summed E-state index contributed by atoms with van der Waals surface area (Å²) >= 11 is 4.08. The Hall–Kier alpha value is -0.760. The van der Waals surface area contributed by atoms with Crippen LogP contribution in [0.5, 0.6) is 0 Å². The van der Waals surface area contributed by atoms with Gasteiger partial charge in [-0.15, -0.1) is 11.3 Å². The van der Waals surface area contributed by atoms with Crippen LogP contribution in [0.3, 0.4) is 0 Å². The molecule has 0 aliphatic heterocycles. The maximum absolute atomic E-state index is 4.82. The van der Waals surface area contributed by atoms with Gasteiger partial charge in [0.05, 0.1) is 15.7 Å². The lowest BCUT2D eigenvalue weighted by atomic mass is 10.2. The highest BCUT2D eigenvalue weighted by molar-refractivity contribution is 14.1. The van der Waals surface area contributed by atoms with Crippen molar-refractivity contribution in [3.8, 4) is 0 Å². The second-order valence-corrected chi connectivity index (χ2v) is 7.47. The number of aromatic nitrogens is 3. The Morgan fingerprint density at radius 2 is 2.14 bits per heavy atom. The average Bonchev–Trinajstić information content (AvgIpc) is 3.23. The van der Waals surface area contributed by atoms with Gasteiger partial charge >= 0.3 is 0 Å². The molecular formula is C15H19IN4S. The van der Waals surface area contributed by atoms with Crippen LogP contribution in [0.1, 0.15) is 54.3 Å². The molecule has 1 saturated carbocycles. The highest BCUT2D eigenvalue weighted by Crippen LogP contribution is 2.42. The fourth-order valence-electron chi connectivity index (χ4n) is 2.20. The minimum atomic E-state index is 0.638. The number of nitrogens with one attached hydrogen (secondary N) is 1. The lowest BCUT2D eigenvalue weighted by Crippen LogP contribution is -2.10. The molecule has 0 radical (unpaired) electrons. The van der Waals surface area contributed by atoms with Gasteiger partial charge in [-0.25, -0.2) is 15.0 Å². The second-order valence-electron chi connectivity index (χ2n) is 5.45. The minimum absolute atomic E-state index is 0.638. The van der Waals surface area contributed by atoms with Gasteiger partial charge in [0.1, 0.15) is 16.6 Å². The van der Waals surface area contributed by atoms with E-state index in [1.165, 1.54) is 22.1 Å². The smallest absolute Gasteiger partial charge is 0.143 e. The van der Waals surface area contributed by atoms with Gasteiger partial charge in [0, 0.05) is 23.5 Å². The molecule has 1 aliphatic rings. The summed E-state index contributed by atoms with van der Waals surface area (Å²) in [5.74, 6) is 2.53. The zero-order valence-electron chi connectivity index (χ0n) is 12.3. The topological polar surface area (TPSA) is 50.7 Å². The Kier molecular flexibility index (Phi) is 4.73. The number of hydrogen-bond acceptors (Lipinski definition) is 5. The van der Waals surface area contributed by atoms with Crippen molar-refractivity contribution in [3.63, 3.8) is 0 Å². The van der Waals surface area contributed by atoms with E-state index in [9.17, 15) is 0 Å². The van der Waals surface area contributed by atoms with E-state index in [0.29, 0.717) is 5.92 Å². The van der Waals surface area contributed by atoms with Crippen LogP contribution in [0.2, 0.25) is 0 Å². The summed E-state index contributed by atoms with van der Waals surface area (Å²) in [6, 6.07) is 0. The summed E-state index contributed by atoms with van der Waals surface area (Å²) in [6.45, 7) is 5.15. The van der Waals surface area contributed by atoms with Gasteiger partial charge < -0.3 is 5.32 Å². The van der Waals surface area contributed by atoms with E-state index in [4.69, 9.17) is 9.97 Å². The molecule has 1 aliphatic carbocycles. The van der Waals surface area contributed by atoms with Crippen LogP contribution in [0.15, 0.2) is 5.38 Å². The molecule has 1 fully saturated rings. The molecule has 0 saturated heterocycles. The third-order valence-electron chi connectivity index (χ3n) is 3.41. The number of nitrogens with zero attached hydrogens (tertiary/aromatic N) is 3. The molecule has 2 aromatic heterocycles. The van der Waals surface area contributed by atoms with E-state index in [1.807, 2.05) is 6.92 Å². The van der Waals surface area contributed by atoms with Crippen LogP contribution >= 0.6 is 33.9 Å². The van der Waals surface area contributed by atoms with Crippen molar-refractivity contribution in [1.82, 2.24) is 15.0 Å². The standard InChI is InChI=1S/C15H19IN4S/c1-3-6-17-15-13(16)14(10-4-5-10)19-11(20-15)7-12-18-9(2)8-21-12/h8,10H,3-7H2,1-2H3,(H,17,19,20). The summed E-state index contributed by atoms with van der Waals surface area (Å²) in [5.41, 5.74) is 2.31. The number of rotatable bonds is 6. The fraction of sp³-hybridized carbons (Fsp3) is 0.533. The molecule has 2 heterocycles. The largest absolute Gasteiger partial charge is 0.369 e. The van der Waals surface area contributed by atoms with Gasteiger partial charge in [-0.2, -0.15) is 0 Å². The van der Waals surface area contributed by atoms with Crippen LogP contribution in [-0.2, 0) is 6.42 Å². The quantitative estimate of drug-likeness (QED) is 0.723. The number of aryl methyl sites for hydroxylation is 1. The van der Waals surface area contributed by atoms with Crippen LogP contribution in [0.4, 0.5) is 5.82 Å². The van der Waals surface area contributed by atoms with E-state index in [0.717, 1.165) is 41.7 Å². The van der Waals surface area contributed by atoms with Gasteiger partial charge in [0.2, 0.25) is 0 Å². The molecule has 0 atom stereocenters. The van der Waals surface area contributed by atoms with E-state index in [1.54, 1.807) is 11.3 Å². The van der Waals surface area contributed by atoms with Crippen molar-refractivity contribution in [2.24, 2.45) is 0 Å². The molecule has 0 spiro atoms. The van der Waals surface area contributed by atoms with Crippen molar-refractivity contribution >= 4 is 39.7 Å². The van der Waals surface area contributed by atoms with Gasteiger partial charge in [-0.05, 0) is 48.8 Å². The Morgan fingerprint density at radius 3 is 2.76 bits per heavy atom. The summed E-state index contributed by atoms with van der Waals surface area (Å²) < 4.78 is 1.20. The Labute approximate surface area is 143 Å². The molecule has 2 aromatic rings. The lowest BCUT2D eigenvalue weighted by Gasteiger charge is -2.12. The third-order valence-corrected chi connectivity index (χ3v) is 5.44. The highest BCUT2D eigenvalue weighted by atomic mass is 127. The molecule has 3 rings (SSSR count). The van der Waals surface area contributed by atoms with E-state index in [-0.39, 0.29) is 0 Å². The molecule has 21 heavy (non-hydrogen) atoms. The van der Waals surface area contributed by atoms with Crippen molar-refractivity contribution in [2.45, 2.75) is 45.4 Å². The number of thiazole rings is 1. The van der Waals surface area contributed by atoms with Crippen molar-refractivity contribution in [1.29, 1.82) is 0 Å². The van der Waals surface area contributed by atoms with Crippen molar-refractivity contribution in [3.05, 3.63) is 31.2 Å². The van der Waals surface area contributed by atoms with Gasteiger partial charge in [-0.1, -0.05) is 6.92 Å². The number of anilines is 1. The summed E-state index contributed by atoms with van der Waals surface area (Å²) in [7, 11) is 0. The van der Waals surface area contributed by atoms with Crippen molar-refractivity contribution in [2.75, 3.05) is 11.9 Å². The SMILES string of the molecule is CCCNc1nc(Cc2nc(C)cs2)nc(C2CC2)c1I. The zero-order valence-corrected chi connectivity index (χ0v) is 15.3. The molecule has 0 unspecified atom stereocenters. The monoisotopic (exact) mass is 414 g/mol. The Balaban J connectivity index is 1.89. The minimum Gasteiger partial charge on any atom is -0.369 e. The number of hydrogen-bond donors (Lipinski definition) is 1. The predicted molar refractivity (Wildman–Crippen MR) is 95.2 cm³/mol. The maximum Gasteiger partial charge on any atom is 0.143 e. The zero-order chi connectivity index (χ0) is 14.8. The van der Waals surface area contributed by atoms with E-state index >= 15 is 0 Å².